The minimum Gasteiger partial charge on any atom is -0.394 e. The number of hydrogen-bond acceptors (Lipinski definition) is 3. The van der Waals surface area contributed by atoms with Crippen molar-refractivity contribution in [3.05, 3.63) is 0 Å². The molecule has 18 heavy (non-hydrogen) atoms. The first-order chi connectivity index (χ1) is 8.69. The van der Waals surface area contributed by atoms with Crippen molar-refractivity contribution in [3.63, 3.8) is 0 Å². The molecule has 106 valence electrons. The molecule has 1 aliphatic rings. The van der Waals surface area contributed by atoms with Gasteiger partial charge in [0.2, 0.25) is 0 Å². The van der Waals surface area contributed by atoms with Crippen molar-refractivity contribution < 1.29 is 9.90 Å². The van der Waals surface area contributed by atoms with Gasteiger partial charge in [-0.2, -0.15) is 11.8 Å². The second-order valence-electron chi connectivity index (χ2n) is 4.85. The number of urea groups is 1. The zero-order valence-corrected chi connectivity index (χ0v) is 12.3. The van der Waals surface area contributed by atoms with Gasteiger partial charge in [0.25, 0.3) is 0 Å². The van der Waals surface area contributed by atoms with Crippen molar-refractivity contribution >= 4 is 17.8 Å². The number of carbonyl (C=O) groups excluding carboxylic acids is 1. The van der Waals surface area contributed by atoms with Gasteiger partial charge in [0.15, 0.2) is 0 Å². The number of amides is 2. The second-order valence-corrected chi connectivity index (χ2v) is 6.42. The molecule has 5 heteroatoms. The van der Waals surface area contributed by atoms with Crippen molar-refractivity contribution in [1.82, 2.24) is 10.6 Å². The monoisotopic (exact) mass is 274 g/mol. The molecule has 0 heterocycles. The van der Waals surface area contributed by atoms with Crippen LogP contribution < -0.4 is 10.6 Å². The first kappa shape index (κ1) is 15.6. The molecule has 1 rings (SSSR count). The third-order valence-corrected chi connectivity index (χ3v) is 4.64. The van der Waals surface area contributed by atoms with E-state index in [1.54, 1.807) is 0 Å². The predicted molar refractivity (Wildman–Crippen MR) is 77.0 cm³/mol. The number of aliphatic hydroxyl groups is 1. The zero-order valence-electron chi connectivity index (χ0n) is 11.4. The maximum atomic E-state index is 11.8. The van der Waals surface area contributed by atoms with E-state index in [9.17, 15) is 4.79 Å². The molecule has 0 spiro atoms. The van der Waals surface area contributed by atoms with Gasteiger partial charge in [-0.15, -0.1) is 0 Å². The fraction of sp³-hybridized carbons (Fsp3) is 0.923. The Bertz CT molecular complexity index is 245. The molecule has 0 aromatic heterocycles. The number of hydrogen-bond donors (Lipinski definition) is 3. The molecule has 0 bridgehead atoms. The van der Waals surface area contributed by atoms with Crippen LogP contribution in [0.3, 0.4) is 0 Å². The Hall–Kier alpha value is -0.420. The van der Waals surface area contributed by atoms with Crippen LogP contribution in [0, 0.1) is 0 Å². The average molecular weight is 274 g/mol. The van der Waals surface area contributed by atoms with Crippen molar-refractivity contribution in [2.75, 3.05) is 12.4 Å². The SMILES string of the molecule is CCS[C@H]1CCC[C@@H](NC(=O)N[C@H](CC)CO)C1. The number of carbonyl (C=O) groups is 1. The molecule has 1 aliphatic carbocycles. The predicted octanol–water partition coefficient (Wildman–Crippen LogP) is 2.12. The van der Waals surface area contributed by atoms with Crippen LogP contribution in [0.15, 0.2) is 0 Å². The Kier molecular flexibility index (Phi) is 7.51. The largest absolute Gasteiger partial charge is 0.394 e. The molecule has 2 amide bonds. The molecule has 0 radical (unpaired) electrons. The molecule has 3 atom stereocenters. The van der Waals surface area contributed by atoms with Gasteiger partial charge in [-0.05, 0) is 31.4 Å². The third kappa shape index (κ3) is 5.48. The summed E-state index contributed by atoms with van der Waals surface area (Å²) in [7, 11) is 0. The van der Waals surface area contributed by atoms with Crippen molar-refractivity contribution in [1.29, 1.82) is 0 Å². The summed E-state index contributed by atoms with van der Waals surface area (Å²) in [6, 6.07) is 0.0245. The third-order valence-electron chi connectivity index (χ3n) is 3.41. The minimum absolute atomic E-state index is 0.00288. The van der Waals surface area contributed by atoms with Crippen LogP contribution in [-0.4, -0.2) is 40.8 Å². The fourth-order valence-corrected chi connectivity index (χ4v) is 3.53. The molecule has 0 aromatic carbocycles. The summed E-state index contributed by atoms with van der Waals surface area (Å²) in [6.45, 7) is 4.14. The van der Waals surface area contributed by atoms with E-state index >= 15 is 0 Å². The van der Waals surface area contributed by atoms with Gasteiger partial charge in [0, 0.05) is 11.3 Å². The lowest BCUT2D eigenvalue weighted by Gasteiger charge is -2.29. The molecule has 1 saturated carbocycles. The van der Waals surface area contributed by atoms with Gasteiger partial charge in [-0.25, -0.2) is 4.79 Å². The van der Waals surface area contributed by atoms with Crippen LogP contribution in [0.1, 0.15) is 46.0 Å². The molecule has 1 fully saturated rings. The quantitative estimate of drug-likeness (QED) is 0.695. The van der Waals surface area contributed by atoms with Crippen molar-refractivity contribution in [3.8, 4) is 0 Å². The Morgan fingerprint density at radius 1 is 1.44 bits per heavy atom. The van der Waals surface area contributed by atoms with E-state index in [2.05, 4.69) is 17.6 Å². The average Bonchev–Trinajstić information content (AvgIpc) is 2.36. The first-order valence-electron chi connectivity index (χ1n) is 6.99. The van der Waals surface area contributed by atoms with Gasteiger partial charge in [0.1, 0.15) is 0 Å². The van der Waals surface area contributed by atoms with E-state index < -0.39 is 0 Å². The van der Waals surface area contributed by atoms with E-state index in [0.29, 0.717) is 11.3 Å². The lowest BCUT2D eigenvalue weighted by molar-refractivity contribution is 0.209. The molecule has 0 aliphatic heterocycles. The van der Waals surface area contributed by atoms with E-state index in [0.717, 1.165) is 25.0 Å². The highest BCUT2D eigenvalue weighted by molar-refractivity contribution is 7.99. The summed E-state index contributed by atoms with van der Waals surface area (Å²) in [6.07, 6.45) is 5.36. The standard InChI is InChI=1S/C13H26N2O2S/c1-3-10(9-16)14-13(17)15-11-6-5-7-12(8-11)18-4-2/h10-12,16H,3-9H2,1-2H3,(H2,14,15,17)/t10-,11-,12+/m1/s1. The minimum atomic E-state index is -0.136. The van der Waals surface area contributed by atoms with Gasteiger partial charge < -0.3 is 15.7 Å². The highest BCUT2D eigenvalue weighted by Crippen LogP contribution is 2.28. The summed E-state index contributed by atoms with van der Waals surface area (Å²) >= 11 is 1.99. The Morgan fingerprint density at radius 3 is 2.83 bits per heavy atom. The molecular formula is C13H26N2O2S. The van der Waals surface area contributed by atoms with Crippen LogP contribution in [0.2, 0.25) is 0 Å². The molecular weight excluding hydrogens is 248 g/mol. The summed E-state index contributed by atoms with van der Waals surface area (Å²) in [5.74, 6) is 1.14. The maximum absolute atomic E-state index is 11.8. The molecule has 3 N–H and O–H groups in total. The van der Waals surface area contributed by atoms with Crippen LogP contribution in [-0.2, 0) is 0 Å². The molecule has 0 aromatic rings. The number of nitrogens with one attached hydrogen (secondary N) is 2. The summed E-state index contributed by atoms with van der Waals surface area (Å²) in [4.78, 5) is 11.8. The Morgan fingerprint density at radius 2 is 2.22 bits per heavy atom. The van der Waals surface area contributed by atoms with E-state index in [4.69, 9.17) is 5.11 Å². The second kappa shape index (κ2) is 8.64. The highest BCUT2D eigenvalue weighted by Gasteiger charge is 2.23. The maximum Gasteiger partial charge on any atom is 0.315 e. The van der Waals surface area contributed by atoms with Gasteiger partial charge in [-0.3, -0.25) is 0 Å². The summed E-state index contributed by atoms with van der Waals surface area (Å²) in [5, 5.41) is 15.6. The topological polar surface area (TPSA) is 61.4 Å². The van der Waals surface area contributed by atoms with Crippen LogP contribution >= 0.6 is 11.8 Å². The smallest absolute Gasteiger partial charge is 0.315 e. The Balaban J connectivity index is 2.30. The van der Waals surface area contributed by atoms with Crippen molar-refractivity contribution in [2.45, 2.75) is 63.3 Å². The highest BCUT2D eigenvalue weighted by atomic mass is 32.2. The van der Waals surface area contributed by atoms with Crippen LogP contribution in [0.4, 0.5) is 4.79 Å². The number of thioether (sulfide) groups is 1. The van der Waals surface area contributed by atoms with Crippen LogP contribution in [0.5, 0.6) is 0 Å². The fourth-order valence-electron chi connectivity index (χ4n) is 2.35. The van der Waals surface area contributed by atoms with Gasteiger partial charge in [-0.1, -0.05) is 20.3 Å². The molecule has 0 unspecified atom stereocenters. The zero-order chi connectivity index (χ0) is 13.4. The number of rotatable bonds is 6. The van der Waals surface area contributed by atoms with E-state index in [1.807, 2.05) is 18.7 Å². The summed E-state index contributed by atoms with van der Waals surface area (Å²) < 4.78 is 0. The van der Waals surface area contributed by atoms with Crippen molar-refractivity contribution in [2.24, 2.45) is 0 Å². The van der Waals surface area contributed by atoms with Crippen LogP contribution in [0.25, 0.3) is 0 Å². The normalized spacial score (nSPS) is 25.5. The first-order valence-corrected chi connectivity index (χ1v) is 8.03. The Labute approximate surface area is 114 Å². The lowest BCUT2D eigenvalue weighted by Crippen LogP contribution is -2.48. The molecule has 0 saturated heterocycles. The summed E-state index contributed by atoms with van der Waals surface area (Å²) in [5.41, 5.74) is 0. The number of aliphatic hydroxyl groups excluding tert-OH is 1. The van der Waals surface area contributed by atoms with Gasteiger partial charge >= 0.3 is 6.03 Å². The van der Waals surface area contributed by atoms with Gasteiger partial charge in [0.05, 0.1) is 12.6 Å². The molecule has 4 nitrogen and oxygen atoms in total. The van der Waals surface area contributed by atoms with E-state index in [1.165, 1.54) is 12.8 Å². The lowest BCUT2D eigenvalue weighted by atomic mass is 9.95. The van der Waals surface area contributed by atoms with E-state index in [-0.39, 0.29) is 18.7 Å².